The first-order valence-corrected chi connectivity index (χ1v) is 10.3. The van der Waals surface area contributed by atoms with E-state index in [0.29, 0.717) is 19.8 Å². The van der Waals surface area contributed by atoms with Crippen LogP contribution in [-0.2, 0) is 18.0 Å². The molecule has 0 amide bonds. The van der Waals surface area contributed by atoms with Gasteiger partial charge in [-0.2, -0.15) is 0 Å². The van der Waals surface area contributed by atoms with E-state index in [0.717, 1.165) is 0 Å². The quantitative estimate of drug-likeness (QED) is 0.136. The van der Waals surface area contributed by atoms with Gasteiger partial charge in [0.15, 0.2) is 23.3 Å². The molecule has 1 rings (SSSR count). The molecular weight excluding hydrogens is 395 g/mol. The van der Waals surface area contributed by atoms with Crippen molar-refractivity contribution in [1.82, 2.24) is 0 Å². The van der Waals surface area contributed by atoms with Crippen molar-refractivity contribution in [3.63, 3.8) is 0 Å². The number of rotatable bonds is 11. The van der Waals surface area contributed by atoms with Gasteiger partial charge in [0.2, 0.25) is 5.82 Å². The van der Waals surface area contributed by atoms with Crippen molar-refractivity contribution in [2.75, 3.05) is 26.4 Å². The Labute approximate surface area is 154 Å². The van der Waals surface area contributed by atoms with Crippen molar-refractivity contribution in [1.29, 1.82) is 0 Å². The molecule has 0 aliphatic carbocycles. The molecule has 0 aliphatic heterocycles. The summed E-state index contributed by atoms with van der Waals surface area (Å²) >= 11 is 0. The Kier molecular flexibility index (Phi) is 9.29. The van der Waals surface area contributed by atoms with Crippen LogP contribution in [0.15, 0.2) is 0 Å². The summed E-state index contributed by atoms with van der Waals surface area (Å²) in [5.41, 5.74) is -1.63. The minimum atomic E-state index is -3.00. The molecule has 0 heterocycles. The molecule has 0 N–H and O–H groups in total. The van der Waals surface area contributed by atoms with E-state index in [4.69, 9.17) is 13.3 Å². The fourth-order valence-electron chi connectivity index (χ4n) is 2.31. The fourth-order valence-corrected chi connectivity index (χ4v) is 4.89. The third-order valence-corrected chi connectivity index (χ3v) is 6.52. The van der Waals surface area contributed by atoms with Crippen LogP contribution in [-0.4, -0.2) is 41.2 Å². The summed E-state index contributed by atoms with van der Waals surface area (Å²) in [6.07, 6.45) is 0.146. The lowest BCUT2D eigenvalue weighted by Gasteiger charge is -2.28. The highest BCUT2D eigenvalue weighted by Crippen LogP contribution is 2.24. The van der Waals surface area contributed by atoms with Gasteiger partial charge in [-0.15, -0.1) is 0 Å². The van der Waals surface area contributed by atoms with E-state index in [1.54, 1.807) is 20.8 Å². The summed E-state index contributed by atoms with van der Waals surface area (Å²) < 4.78 is 87.8. The Hall–Kier alpha value is -1.56. The van der Waals surface area contributed by atoms with E-state index >= 15 is 0 Å². The van der Waals surface area contributed by atoms with Crippen LogP contribution < -0.4 is 0 Å². The molecule has 5 nitrogen and oxygen atoms in total. The lowest BCUT2D eigenvalue weighted by atomic mass is 10.1. The maximum Gasteiger partial charge on any atom is 0.501 e. The average Bonchev–Trinajstić information content (AvgIpc) is 2.63. The Bertz CT molecular complexity index is 613. The Balaban J connectivity index is 2.78. The van der Waals surface area contributed by atoms with Crippen molar-refractivity contribution in [3.05, 3.63) is 34.6 Å². The molecule has 0 bridgehead atoms. The molecule has 0 radical (unpaired) electrons. The number of esters is 1. The molecule has 0 saturated heterocycles. The fraction of sp³-hybridized carbons (Fsp3) is 0.562. The number of benzene rings is 1. The Morgan fingerprint density at radius 3 is 1.59 bits per heavy atom. The number of hydrogen-bond acceptors (Lipinski definition) is 5. The molecule has 27 heavy (non-hydrogen) atoms. The van der Waals surface area contributed by atoms with E-state index in [-0.39, 0.29) is 19.1 Å². The molecule has 11 heteroatoms. The molecule has 0 atom stereocenters. The lowest BCUT2D eigenvalue weighted by molar-refractivity contribution is 0.0455. The van der Waals surface area contributed by atoms with Crippen molar-refractivity contribution in [3.8, 4) is 0 Å². The van der Waals surface area contributed by atoms with Crippen LogP contribution in [0.3, 0.4) is 0 Å². The van der Waals surface area contributed by atoms with Crippen LogP contribution in [0.1, 0.15) is 37.6 Å². The molecule has 154 valence electrons. The van der Waals surface area contributed by atoms with Crippen molar-refractivity contribution >= 4 is 14.8 Å². The summed E-state index contributed by atoms with van der Waals surface area (Å²) in [6, 6.07) is 0.243. The van der Waals surface area contributed by atoms with Crippen molar-refractivity contribution in [2.24, 2.45) is 0 Å². The second-order valence-corrected chi connectivity index (χ2v) is 7.90. The van der Waals surface area contributed by atoms with Crippen LogP contribution >= 0.6 is 0 Å². The van der Waals surface area contributed by atoms with E-state index in [1.165, 1.54) is 0 Å². The second kappa shape index (κ2) is 10.7. The van der Waals surface area contributed by atoms with Gasteiger partial charge in [0, 0.05) is 25.9 Å². The van der Waals surface area contributed by atoms with Gasteiger partial charge in [0.1, 0.15) is 5.56 Å². The van der Waals surface area contributed by atoms with Gasteiger partial charge in [-0.25, -0.2) is 26.7 Å². The van der Waals surface area contributed by atoms with Gasteiger partial charge in [0.05, 0.1) is 6.61 Å². The maximum absolute atomic E-state index is 13.6. The number of carbonyl (C=O) groups is 1. The van der Waals surface area contributed by atoms with Gasteiger partial charge in [0.25, 0.3) is 0 Å². The minimum Gasteiger partial charge on any atom is -0.462 e. The first kappa shape index (κ1) is 23.5. The zero-order chi connectivity index (χ0) is 20.6. The highest BCUT2D eigenvalue weighted by Gasteiger charge is 2.40. The zero-order valence-corrected chi connectivity index (χ0v) is 16.2. The third kappa shape index (κ3) is 5.70. The first-order valence-electron chi connectivity index (χ1n) is 8.35. The summed E-state index contributed by atoms with van der Waals surface area (Å²) in [7, 11) is -3.00. The van der Waals surface area contributed by atoms with Gasteiger partial charge in [-0.3, -0.25) is 0 Å². The topological polar surface area (TPSA) is 54.0 Å². The van der Waals surface area contributed by atoms with Gasteiger partial charge >= 0.3 is 14.8 Å². The SMILES string of the molecule is CCO[Si](CCCOC(=O)c1c(F)c(F)c(F)c(F)c1F)(OCC)OCC. The summed E-state index contributed by atoms with van der Waals surface area (Å²) in [6.45, 7) is 5.90. The molecule has 0 aromatic heterocycles. The zero-order valence-electron chi connectivity index (χ0n) is 15.2. The normalized spacial score (nSPS) is 11.7. The first-order chi connectivity index (χ1) is 12.7. The molecule has 0 fully saturated rings. The summed E-state index contributed by atoms with van der Waals surface area (Å²) in [5, 5.41) is 0. The highest BCUT2D eigenvalue weighted by molar-refractivity contribution is 6.60. The monoisotopic (exact) mass is 416 g/mol. The molecule has 1 aromatic rings. The van der Waals surface area contributed by atoms with Gasteiger partial charge < -0.3 is 18.0 Å². The van der Waals surface area contributed by atoms with E-state index < -0.39 is 49.4 Å². The van der Waals surface area contributed by atoms with Gasteiger partial charge in [-0.05, 0) is 27.2 Å². The van der Waals surface area contributed by atoms with Gasteiger partial charge in [-0.1, -0.05) is 0 Å². The average molecular weight is 416 g/mol. The van der Waals surface area contributed by atoms with Crippen LogP contribution in [0.5, 0.6) is 0 Å². The van der Waals surface area contributed by atoms with Crippen LogP contribution in [0.4, 0.5) is 22.0 Å². The largest absolute Gasteiger partial charge is 0.501 e. The second-order valence-electron chi connectivity index (χ2n) is 5.17. The van der Waals surface area contributed by atoms with Crippen LogP contribution in [0.25, 0.3) is 0 Å². The Morgan fingerprint density at radius 1 is 0.778 bits per heavy atom. The number of carbonyl (C=O) groups excluding carboxylic acids is 1. The third-order valence-electron chi connectivity index (χ3n) is 3.37. The minimum absolute atomic E-state index is 0.146. The summed E-state index contributed by atoms with van der Waals surface area (Å²) in [4.78, 5) is 11.8. The highest BCUT2D eigenvalue weighted by atomic mass is 28.4. The standard InChI is InChI=1S/C16H21F5O5Si/c1-4-24-27(25-5-2,26-6-3)9-7-8-23-16(22)10-11(17)13(19)15(21)14(20)12(10)18/h4-9H2,1-3H3. The molecule has 0 aliphatic rings. The van der Waals surface area contributed by atoms with E-state index in [2.05, 4.69) is 4.74 Å². The van der Waals surface area contributed by atoms with E-state index in [9.17, 15) is 26.7 Å². The molecular formula is C16H21F5O5Si. The van der Waals surface area contributed by atoms with Crippen molar-refractivity contribution < 1.29 is 44.8 Å². The predicted molar refractivity (Wildman–Crippen MR) is 86.6 cm³/mol. The number of hydrogen-bond donors (Lipinski definition) is 0. The van der Waals surface area contributed by atoms with Crippen molar-refractivity contribution in [2.45, 2.75) is 33.2 Å². The van der Waals surface area contributed by atoms with Crippen LogP contribution in [0.2, 0.25) is 6.04 Å². The molecule has 0 spiro atoms. The maximum atomic E-state index is 13.6. The summed E-state index contributed by atoms with van der Waals surface area (Å²) in [5.74, 6) is -12.9. The molecule has 1 aromatic carbocycles. The number of halogens is 5. The van der Waals surface area contributed by atoms with Crippen LogP contribution in [0, 0.1) is 29.1 Å². The predicted octanol–water partition coefficient (Wildman–Crippen LogP) is 3.98. The molecule has 0 unspecified atom stereocenters. The number of ether oxygens (including phenoxy) is 1. The Morgan fingerprint density at radius 2 is 1.19 bits per heavy atom. The smallest absolute Gasteiger partial charge is 0.462 e. The lowest BCUT2D eigenvalue weighted by Crippen LogP contribution is -2.46. The van der Waals surface area contributed by atoms with E-state index in [1.807, 2.05) is 0 Å². The molecule has 0 saturated carbocycles.